The van der Waals surface area contributed by atoms with Crippen molar-refractivity contribution in [1.29, 1.82) is 0 Å². The third kappa shape index (κ3) is 9.16. The van der Waals surface area contributed by atoms with E-state index in [2.05, 4.69) is 38.2 Å². The Bertz CT molecular complexity index is 557. The van der Waals surface area contributed by atoms with Crippen molar-refractivity contribution in [3.8, 4) is 0 Å². The average molecular weight is 380 g/mol. The maximum absolute atomic E-state index is 12.1. The number of benzene rings is 1. The van der Waals surface area contributed by atoms with Crippen molar-refractivity contribution in [2.75, 3.05) is 6.67 Å². The molecule has 1 aliphatic heterocycles. The number of nitrogens with one attached hydrogen (secondary N) is 1. The third-order valence-electron chi connectivity index (χ3n) is 4.33. The Kier molecular flexibility index (Phi) is 14.4. The highest BCUT2D eigenvalue weighted by molar-refractivity contribution is 6.00. The first-order valence-corrected chi connectivity index (χ1v) is 10.6. The van der Waals surface area contributed by atoms with Crippen molar-refractivity contribution in [3.63, 3.8) is 0 Å². The molecule has 1 aromatic carbocycles. The number of hydrogen-bond donors (Lipinski definition) is 1. The summed E-state index contributed by atoms with van der Waals surface area (Å²) in [6.45, 7) is 10.1. The zero-order chi connectivity index (χ0) is 20.7. The summed E-state index contributed by atoms with van der Waals surface area (Å²) in [5.74, 6) is -0.584. The van der Waals surface area contributed by atoms with E-state index >= 15 is 0 Å². The summed E-state index contributed by atoms with van der Waals surface area (Å²) in [5, 5.41) is 2.41. The van der Waals surface area contributed by atoms with Gasteiger partial charge in [-0.25, -0.2) is 0 Å². The number of carbonyl (C=O) groups excluding carboxylic acids is 2. The van der Waals surface area contributed by atoms with Crippen molar-refractivity contribution < 1.29 is 14.0 Å². The second kappa shape index (κ2) is 15.4. The molecule has 1 heterocycles. The molecule has 154 valence electrons. The lowest BCUT2D eigenvalue weighted by molar-refractivity contribution is -0.134. The molecule has 1 aromatic rings. The summed E-state index contributed by atoms with van der Waals surface area (Å²) in [7, 11) is 0. The Morgan fingerprint density at radius 3 is 2.26 bits per heavy atom. The van der Waals surface area contributed by atoms with E-state index in [4.69, 9.17) is 0 Å². The molecule has 3 nitrogen and oxygen atoms in total. The normalized spacial score (nSPS) is 15.9. The minimum Gasteiger partial charge on any atom is -0.296 e. The van der Waals surface area contributed by atoms with Gasteiger partial charge in [-0.3, -0.25) is 19.3 Å². The number of hydrogen-bond acceptors (Lipinski definition) is 2. The summed E-state index contributed by atoms with van der Waals surface area (Å²) in [5.41, 5.74) is 3.54. The fourth-order valence-electron chi connectivity index (χ4n) is 3.03. The van der Waals surface area contributed by atoms with Crippen LogP contribution in [0, 0.1) is 0 Å². The number of carbonyl (C=O) groups is 2. The van der Waals surface area contributed by atoms with Crippen LogP contribution in [0.15, 0.2) is 18.2 Å². The van der Waals surface area contributed by atoms with Gasteiger partial charge in [0.25, 0.3) is 0 Å². The van der Waals surface area contributed by atoms with Crippen LogP contribution in [0.25, 0.3) is 0 Å². The number of halogens is 1. The maximum atomic E-state index is 12.1. The molecule has 2 rings (SSSR count). The van der Waals surface area contributed by atoms with Crippen LogP contribution >= 0.6 is 0 Å². The first-order chi connectivity index (χ1) is 13.1. The number of alkyl halides is 1. The molecule has 1 fully saturated rings. The van der Waals surface area contributed by atoms with Gasteiger partial charge in [0, 0.05) is 6.42 Å². The molecule has 0 spiro atoms. The lowest BCUT2D eigenvalue weighted by Gasteiger charge is -2.22. The number of rotatable bonds is 7. The second-order valence-corrected chi connectivity index (χ2v) is 6.59. The van der Waals surface area contributed by atoms with E-state index in [0.29, 0.717) is 19.3 Å². The quantitative estimate of drug-likeness (QED) is 0.474. The monoisotopic (exact) mass is 379 g/mol. The van der Waals surface area contributed by atoms with E-state index < -0.39 is 0 Å². The Labute approximate surface area is 165 Å². The third-order valence-corrected chi connectivity index (χ3v) is 4.33. The largest absolute Gasteiger partial charge is 0.296 e. The average Bonchev–Trinajstić information content (AvgIpc) is 2.68. The fourth-order valence-corrected chi connectivity index (χ4v) is 3.03. The fraction of sp³-hybridized carbons (Fsp3) is 0.652. The highest BCUT2D eigenvalue weighted by atomic mass is 19.1. The lowest BCUT2D eigenvalue weighted by atomic mass is 9.87. The molecular formula is C23H38FNO2. The van der Waals surface area contributed by atoms with Gasteiger partial charge in [0.1, 0.15) is 0 Å². The van der Waals surface area contributed by atoms with Crippen LogP contribution in [0.4, 0.5) is 4.39 Å². The standard InChI is InChI=1S/C18H24FNO2.C3H8.C2H6/c1-2-13-12-15(16-9-10-17(21)20-18(16)22)8-7-14(13)6-4-3-5-11-19;1-3-2;1-2/h7-8,12,16H,2-6,9-11H2,1H3,(H,20,21,22);3H2,1-2H3;1-2H3. The maximum Gasteiger partial charge on any atom is 0.234 e. The smallest absolute Gasteiger partial charge is 0.234 e. The number of amides is 2. The Morgan fingerprint density at radius 1 is 1.04 bits per heavy atom. The molecule has 0 aliphatic carbocycles. The van der Waals surface area contributed by atoms with Gasteiger partial charge in [0.2, 0.25) is 11.8 Å². The Hall–Kier alpha value is -1.71. The SMILES string of the molecule is CC.CCC.CCc1cc(C2CCC(=O)NC2=O)ccc1CCCCCF. The summed E-state index contributed by atoms with van der Waals surface area (Å²) >= 11 is 0. The van der Waals surface area contributed by atoms with Gasteiger partial charge in [-0.1, -0.05) is 65.7 Å². The lowest BCUT2D eigenvalue weighted by Crippen LogP contribution is -2.39. The first-order valence-electron chi connectivity index (χ1n) is 10.6. The van der Waals surface area contributed by atoms with E-state index in [1.807, 2.05) is 19.9 Å². The number of imide groups is 1. The van der Waals surface area contributed by atoms with Crippen molar-refractivity contribution >= 4 is 11.8 Å². The van der Waals surface area contributed by atoms with Crippen molar-refractivity contribution in [1.82, 2.24) is 5.32 Å². The topological polar surface area (TPSA) is 46.2 Å². The van der Waals surface area contributed by atoms with E-state index in [-0.39, 0.29) is 24.4 Å². The zero-order valence-corrected chi connectivity index (χ0v) is 17.9. The van der Waals surface area contributed by atoms with Gasteiger partial charge < -0.3 is 0 Å². The molecule has 1 saturated heterocycles. The first kappa shape index (κ1) is 25.3. The predicted molar refractivity (Wildman–Crippen MR) is 112 cm³/mol. The van der Waals surface area contributed by atoms with Crippen LogP contribution in [0.1, 0.15) is 95.8 Å². The van der Waals surface area contributed by atoms with Gasteiger partial charge in [-0.15, -0.1) is 0 Å². The van der Waals surface area contributed by atoms with Gasteiger partial charge in [-0.2, -0.15) is 0 Å². The van der Waals surface area contributed by atoms with Crippen LogP contribution in [-0.4, -0.2) is 18.5 Å². The summed E-state index contributed by atoms with van der Waals surface area (Å²) in [6, 6.07) is 6.20. The van der Waals surface area contributed by atoms with E-state index in [1.165, 1.54) is 17.5 Å². The molecule has 0 saturated carbocycles. The Morgan fingerprint density at radius 2 is 1.70 bits per heavy atom. The second-order valence-electron chi connectivity index (χ2n) is 6.59. The Balaban J connectivity index is 0.00000123. The highest BCUT2D eigenvalue weighted by Gasteiger charge is 2.28. The molecule has 4 heteroatoms. The molecule has 1 N–H and O–H groups in total. The highest BCUT2D eigenvalue weighted by Crippen LogP contribution is 2.27. The van der Waals surface area contributed by atoms with Crippen LogP contribution < -0.4 is 5.32 Å². The summed E-state index contributed by atoms with van der Waals surface area (Å²) in [4.78, 5) is 23.2. The molecule has 1 aliphatic rings. The molecular weight excluding hydrogens is 341 g/mol. The molecule has 1 atom stereocenters. The van der Waals surface area contributed by atoms with Gasteiger partial charge in [0.15, 0.2) is 0 Å². The predicted octanol–water partition coefficient (Wildman–Crippen LogP) is 5.89. The van der Waals surface area contributed by atoms with Crippen LogP contribution in [0.5, 0.6) is 0 Å². The van der Waals surface area contributed by atoms with Crippen LogP contribution in [-0.2, 0) is 22.4 Å². The minimum atomic E-state index is -0.241. The molecule has 0 bridgehead atoms. The van der Waals surface area contributed by atoms with Crippen molar-refractivity contribution in [3.05, 3.63) is 34.9 Å². The molecule has 0 aromatic heterocycles. The van der Waals surface area contributed by atoms with Crippen molar-refractivity contribution in [2.45, 2.75) is 91.9 Å². The van der Waals surface area contributed by atoms with Gasteiger partial charge in [-0.05, 0) is 48.8 Å². The summed E-state index contributed by atoms with van der Waals surface area (Å²) in [6.07, 6.45) is 6.66. The summed E-state index contributed by atoms with van der Waals surface area (Å²) < 4.78 is 12.1. The number of aryl methyl sites for hydroxylation is 2. The molecule has 1 unspecified atom stereocenters. The van der Waals surface area contributed by atoms with E-state index in [0.717, 1.165) is 31.2 Å². The molecule has 27 heavy (non-hydrogen) atoms. The van der Waals surface area contributed by atoms with E-state index in [1.54, 1.807) is 0 Å². The van der Waals surface area contributed by atoms with Crippen LogP contribution in [0.2, 0.25) is 0 Å². The van der Waals surface area contributed by atoms with Gasteiger partial charge in [0.05, 0.1) is 12.6 Å². The van der Waals surface area contributed by atoms with Crippen molar-refractivity contribution in [2.24, 2.45) is 0 Å². The van der Waals surface area contributed by atoms with Gasteiger partial charge >= 0.3 is 0 Å². The number of piperidine rings is 1. The minimum absolute atomic E-state index is 0.179. The molecule has 2 amide bonds. The number of unbranched alkanes of at least 4 members (excludes halogenated alkanes) is 2. The zero-order valence-electron chi connectivity index (χ0n) is 17.9. The van der Waals surface area contributed by atoms with E-state index in [9.17, 15) is 14.0 Å². The molecule has 0 radical (unpaired) electrons. The van der Waals surface area contributed by atoms with Crippen LogP contribution in [0.3, 0.4) is 0 Å².